The van der Waals surface area contributed by atoms with Gasteiger partial charge < -0.3 is 0 Å². The van der Waals surface area contributed by atoms with Gasteiger partial charge in [0.2, 0.25) is 0 Å². The van der Waals surface area contributed by atoms with E-state index in [9.17, 15) is 8.78 Å². The minimum Gasteiger partial charge on any atom is -0.248 e. The molecule has 1 heterocycles. The number of benzene rings is 4. The number of aromatic nitrogens is 1. The molecule has 1 aliphatic carbocycles. The molecule has 0 amide bonds. The fourth-order valence-corrected chi connectivity index (χ4v) is 5.96. The maximum Gasteiger partial charge on any atom is 0.273 e. The molecule has 0 atom stereocenters. The number of hydrogen-bond donors (Lipinski definition) is 0. The molecule has 0 aliphatic heterocycles. The third kappa shape index (κ3) is 4.01. The Morgan fingerprint density at radius 2 is 1.62 bits per heavy atom. The van der Waals surface area contributed by atoms with Gasteiger partial charge in [-0.2, -0.15) is 0 Å². The van der Waals surface area contributed by atoms with Crippen LogP contribution in [0.3, 0.4) is 0 Å². The van der Waals surface area contributed by atoms with E-state index >= 15 is 0 Å². The van der Waals surface area contributed by atoms with E-state index in [0.29, 0.717) is 6.42 Å². The van der Waals surface area contributed by atoms with Crippen LogP contribution >= 0.6 is 0 Å². The van der Waals surface area contributed by atoms with E-state index in [4.69, 9.17) is 4.98 Å². The summed E-state index contributed by atoms with van der Waals surface area (Å²) in [6, 6.07) is 24.9. The summed E-state index contributed by atoms with van der Waals surface area (Å²) in [7, 11) is 0. The molecule has 0 unspecified atom stereocenters. The van der Waals surface area contributed by atoms with Crippen molar-refractivity contribution in [2.75, 3.05) is 0 Å². The van der Waals surface area contributed by atoms with Crippen molar-refractivity contribution in [3.8, 4) is 22.4 Å². The predicted molar refractivity (Wildman–Crippen MR) is 151 cm³/mol. The number of aryl methyl sites for hydroxylation is 3. The van der Waals surface area contributed by atoms with E-state index in [0.717, 1.165) is 50.0 Å². The Labute approximate surface area is 217 Å². The van der Waals surface area contributed by atoms with Gasteiger partial charge in [0.05, 0.1) is 11.2 Å². The van der Waals surface area contributed by atoms with Crippen LogP contribution in [-0.2, 0) is 17.8 Å². The number of alkyl halides is 2. The van der Waals surface area contributed by atoms with Crippen LogP contribution in [0.2, 0.25) is 0 Å². The lowest BCUT2D eigenvalue weighted by Gasteiger charge is -2.23. The average Bonchev–Trinajstić information content (AvgIpc) is 3.15. The maximum absolute atomic E-state index is 14.4. The standard InChI is InChI=1S/C34H31F2N/c1-20-14-21(2)32-27(23-10-11-28-24(16-23)12-13-34(28,35)36)19-30(37-31(32)15-20)25-17-22-8-6-7-9-26(22)29(18-25)33(3,4)5/h6-11,14-19H,12-13H2,1-5H3. The zero-order valence-electron chi connectivity index (χ0n) is 22.0. The van der Waals surface area contributed by atoms with Crippen molar-refractivity contribution in [2.45, 2.75) is 58.8 Å². The van der Waals surface area contributed by atoms with Crippen LogP contribution in [0.15, 0.2) is 72.8 Å². The Bertz CT molecular complexity index is 1710. The quantitative estimate of drug-likeness (QED) is 0.239. The third-order valence-corrected chi connectivity index (χ3v) is 7.73. The molecular weight excluding hydrogens is 460 g/mol. The highest BCUT2D eigenvalue weighted by molar-refractivity contribution is 6.00. The van der Waals surface area contributed by atoms with E-state index in [1.165, 1.54) is 16.3 Å². The van der Waals surface area contributed by atoms with E-state index in [2.05, 4.69) is 89.2 Å². The molecule has 1 nitrogen and oxygen atoms in total. The van der Waals surface area contributed by atoms with Gasteiger partial charge in [-0.3, -0.25) is 0 Å². The topological polar surface area (TPSA) is 12.9 Å². The summed E-state index contributed by atoms with van der Waals surface area (Å²) in [5.41, 5.74) is 9.37. The van der Waals surface area contributed by atoms with Gasteiger partial charge in [-0.05, 0) is 94.1 Å². The highest BCUT2D eigenvalue weighted by Gasteiger charge is 2.39. The van der Waals surface area contributed by atoms with Crippen LogP contribution in [-0.4, -0.2) is 4.98 Å². The molecule has 1 aromatic heterocycles. The van der Waals surface area contributed by atoms with Gasteiger partial charge in [0.25, 0.3) is 5.92 Å². The monoisotopic (exact) mass is 491 g/mol. The molecule has 6 rings (SSSR count). The first-order chi connectivity index (χ1) is 17.5. The first-order valence-electron chi connectivity index (χ1n) is 13.0. The van der Waals surface area contributed by atoms with Gasteiger partial charge in [-0.15, -0.1) is 0 Å². The molecule has 0 N–H and O–H groups in total. The van der Waals surface area contributed by atoms with Gasteiger partial charge in [0.15, 0.2) is 0 Å². The van der Waals surface area contributed by atoms with Gasteiger partial charge >= 0.3 is 0 Å². The van der Waals surface area contributed by atoms with Crippen molar-refractivity contribution in [2.24, 2.45) is 0 Å². The minimum atomic E-state index is -2.74. The zero-order valence-corrected chi connectivity index (χ0v) is 22.0. The van der Waals surface area contributed by atoms with E-state index in [1.807, 2.05) is 12.1 Å². The SMILES string of the molecule is Cc1cc(C)c2c(-c3ccc4c(c3)CCC4(F)F)cc(-c3cc(C(C)(C)C)c4ccccc4c3)nc2c1. The predicted octanol–water partition coefficient (Wildman–Crippen LogP) is 9.67. The number of rotatable bonds is 2. The largest absolute Gasteiger partial charge is 0.273 e. The normalized spacial score (nSPS) is 14.9. The summed E-state index contributed by atoms with van der Waals surface area (Å²) < 4.78 is 28.7. The highest BCUT2D eigenvalue weighted by atomic mass is 19.3. The molecule has 0 saturated carbocycles. The Hall–Kier alpha value is -3.59. The van der Waals surface area contributed by atoms with Crippen molar-refractivity contribution in [1.82, 2.24) is 4.98 Å². The molecule has 0 radical (unpaired) electrons. The van der Waals surface area contributed by atoms with Crippen LogP contribution in [0.4, 0.5) is 8.78 Å². The summed E-state index contributed by atoms with van der Waals surface area (Å²) in [5.74, 6) is -2.74. The Balaban J connectivity index is 1.64. The molecule has 0 fully saturated rings. The fourth-order valence-electron chi connectivity index (χ4n) is 5.96. The third-order valence-electron chi connectivity index (χ3n) is 7.73. The van der Waals surface area contributed by atoms with Gasteiger partial charge in [0.1, 0.15) is 0 Å². The number of pyridine rings is 1. The van der Waals surface area contributed by atoms with Crippen LogP contribution in [0.25, 0.3) is 44.1 Å². The lowest BCUT2D eigenvalue weighted by atomic mass is 9.82. The molecule has 186 valence electrons. The Kier molecular flexibility index (Phi) is 5.28. The first-order valence-corrected chi connectivity index (χ1v) is 13.0. The molecule has 0 saturated heterocycles. The Morgan fingerprint density at radius 1 is 0.838 bits per heavy atom. The van der Waals surface area contributed by atoms with E-state index in [1.54, 1.807) is 6.07 Å². The minimum absolute atomic E-state index is 0.0340. The molecule has 1 aliphatic rings. The van der Waals surface area contributed by atoms with Crippen molar-refractivity contribution < 1.29 is 8.78 Å². The molecule has 4 aromatic carbocycles. The Morgan fingerprint density at radius 3 is 2.41 bits per heavy atom. The van der Waals surface area contributed by atoms with Crippen LogP contribution in [0.5, 0.6) is 0 Å². The molecule has 5 aromatic rings. The number of halogens is 2. The summed E-state index contributed by atoms with van der Waals surface area (Å²) in [6.07, 6.45) is 0.294. The summed E-state index contributed by atoms with van der Waals surface area (Å²) in [4.78, 5) is 5.16. The van der Waals surface area contributed by atoms with Gasteiger partial charge in [0, 0.05) is 22.9 Å². The molecule has 3 heteroatoms. The lowest BCUT2D eigenvalue weighted by Crippen LogP contribution is -2.12. The van der Waals surface area contributed by atoms with Crippen LogP contribution in [0, 0.1) is 13.8 Å². The second-order valence-electron chi connectivity index (χ2n) is 11.6. The number of fused-ring (bicyclic) bond motifs is 3. The number of nitrogens with zero attached hydrogens (tertiary/aromatic N) is 1. The van der Waals surface area contributed by atoms with Crippen molar-refractivity contribution >= 4 is 21.7 Å². The second-order valence-corrected chi connectivity index (χ2v) is 11.6. The lowest BCUT2D eigenvalue weighted by molar-refractivity contribution is -0.00183. The smallest absolute Gasteiger partial charge is 0.248 e. The summed E-state index contributed by atoms with van der Waals surface area (Å²) in [6.45, 7) is 10.9. The van der Waals surface area contributed by atoms with Crippen LogP contribution < -0.4 is 0 Å². The summed E-state index contributed by atoms with van der Waals surface area (Å²) in [5, 5.41) is 3.52. The fraction of sp³-hybridized carbons (Fsp3) is 0.265. The molecule has 0 bridgehead atoms. The van der Waals surface area contributed by atoms with E-state index < -0.39 is 5.92 Å². The molecule has 0 spiro atoms. The highest BCUT2D eigenvalue weighted by Crippen LogP contribution is 2.44. The van der Waals surface area contributed by atoms with Gasteiger partial charge in [-0.1, -0.05) is 69.3 Å². The zero-order chi connectivity index (χ0) is 26.1. The average molecular weight is 492 g/mol. The van der Waals surface area contributed by atoms with E-state index in [-0.39, 0.29) is 17.4 Å². The van der Waals surface area contributed by atoms with Crippen molar-refractivity contribution in [3.63, 3.8) is 0 Å². The first kappa shape index (κ1) is 23.8. The number of hydrogen-bond acceptors (Lipinski definition) is 1. The molecule has 37 heavy (non-hydrogen) atoms. The second kappa shape index (κ2) is 8.21. The molecular formula is C34H31F2N. The van der Waals surface area contributed by atoms with Crippen molar-refractivity contribution in [1.29, 1.82) is 0 Å². The maximum atomic E-state index is 14.4. The van der Waals surface area contributed by atoms with Crippen molar-refractivity contribution in [3.05, 3.63) is 101 Å². The van der Waals surface area contributed by atoms with Crippen LogP contribution in [0.1, 0.15) is 55.0 Å². The van der Waals surface area contributed by atoms with Gasteiger partial charge in [-0.25, -0.2) is 13.8 Å². The summed E-state index contributed by atoms with van der Waals surface area (Å²) >= 11 is 0.